The van der Waals surface area contributed by atoms with E-state index in [2.05, 4.69) is 40.4 Å². The van der Waals surface area contributed by atoms with Crippen LogP contribution < -0.4 is 11.3 Å². The Bertz CT molecular complexity index is 1350. The SMILES string of the molecule is CC(C)(C)[SiH2]OC(C)(C)c1ccc2c(c1)cc(-c1cc(N)cn(COCC[Si](C)(C)C)c1=O)n2C(=O)O. The minimum absolute atomic E-state index is 0.0575. The molecule has 0 aliphatic heterocycles. The van der Waals surface area contributed by atoms with Crippen molar-refractivity contribution in [3.63, 3.8) is 0 Å². The van der Waals surface area contributed by atoms with Crippen molar-refractivity contribution in [1.82, 2.24) is 9.13 Å². The number of hydrogen-bond acceptors (Lipinski definition) is 5. The predicted molar refractivity (Wildman–Crippen MR) is 156 cm³/mol. The van der Waals surface area contributed by atoms with Gasteiger partial charge >= 0.3 is 6.09 Å². The Morgan fingerprint density at radius 2 is 1.78 bits per heavy atom. The monoisotopic (exact) mass is 543 g/mol. The van der Waals surface area contributed by atoms with Crippen molar-refractivity contribution in [2.24, 2.45) is 0 Å². The Kier molecular flexibility index (Phi) is 8.28. The summed E-state index contributed by atoms with van der Waals surface area (Å²) in [4.78, 5) is 25.7. The summed E-state index contributed by atoms with van der Waals surface area (Å²) in [6, 6.07) is 9.85. The van der Waals surface area contributed by atoms with Gasteiger partial charge in [-0.15, -0.1) is 0 Å². The molecule has 0 saturated carbocycles. The average Bonchev–Trinajstić information content (AvgIpc) is 3.15. The topological polar surface area (TPSA) is 109 Å². The normalized spacial score (nSPS) is 13.2. The zero-order valence-electron chi connectivity index (χ0n) is 23.3. The van der Waals surface area contributed by atoms with Gasteiger partial charge in [-0.1, -0.05) is 46.5 Å². The Balaban J connectivity index is 2.03. The molecule has 8 nitrogen and oxygen atoms in total. The van der Waals surface area contributed by atoms with E-state index < -0.39 is 29.5 Å². The van der Waals surface area contributed by atoms with E-state index >= 15 is 0 Å². The molecule has 10 heteroatoms. The number of hydrogen-bond donors (Lipinski definition) is 2. The van der Waals surface area contributed by atoms with Gasteiger partial charge in [0.05, 0.1) is 22.4 Å². The number of ether oxygens (including phenoxy) is 1. The summed E-state index contributed by atoms with van der Waals surface area (Å²) in [6.45, 7) is 18.0. The van der Waals surface area contributed by atoms with Crippen LogP contribution in [0.25, 0.3) is 22.2 Å². The molecule has 0 saturated heterocycles. The molecule has 0 amide bonds. The van der Waals surface area contributed by atoms with E-state index in [1.54, 1.807) is 12.1 Å². The van der Waals surface area contributed by atoms with E-state index in [4.69, 9.17) is 14.9 Å². The molecule has 0 atom stereocenters. The van der Waals surface area contributed by atoms with E-state index in [1.807, 2.05) is 26.0 Å². The molecule has 1 aromatic carbocycles. The molecule has 0 spiro atoms. The van der Waals surface area contributed by atoms with Gasteiger partial charge in [-0.2, -0.15) is 0 Å². The Morgan fingerprint density at radius 1 is 1.11 bits per heavy atom. The van der Waals surface area contributed by atoms with Gasteiger partial charge in [0.2, 0.25) is 0 Å². The molecule has 0 aliphatic rings. The van der Waals surface area contributed by atoms with Crippen LogP contribution in [-0.2, 0) is 21.5 Å². The molecule has 0 aliphatic carbocycles. The minimum atomic E-state index is -1.27. The quantitative estimate of drug-likeness (QED) is 0.275. The van der Waals surface area contributed by atoms with Crippen LogP contribution in [0.4, 0.5) is 10.5 Å². The van der Waals surface area contributed by atoms with E-state index in [-0.39, 0.29) is 28.6 Å². The summed E-state index contributed by atoms with van der Waals surface area (Å²) < 4.78 is 14.7. The molecule has 3 aromatic rings. The lowest BCUT2D eigenvalue weighted by Gasteiger charge is -2.30. The van der Waals surface area contributed by atoms with Crippen LogP contribution in [0, 0.1) is 0 Å². The highest BCUT2D eigenvalue weighted by Crippen LogP contribution is 2.34. The van der Waals surface area contributed by atoms with E-state index in [9.17, 15) is 14.7 Å². The number of fused-ring (bicyclic) bond motifs is 1. The van der Waals surface area contributed by atoms with Crippen LogP contribution >= 0.6 is 0 Å². The molecular formula is C27H41N3O5Si2. The molecule has 0 unspecified atom stereocenters. The number of aromatic nitrogens is 2. The molecule has 202 valence electrons. The number of pyridine rings is 1. The summed E-state index contributed by atoms with van der Waals surface area (Å²) in [5, 5.41) is 10.9. The number of anilines is 1. The first kappa shape index (κ1) is 28.9. The van der Waals surface area contributed by atoms with Crippen molar-refractivity contribution >= 4 is 40.5 Å². The lowest BCUT2D eigenvalue weighted by atomic mass is 9.97. The fraction of sp³-hybridized carbons (Fsp3) is 0.481. The van der Waals surface area contributed by atoms with E-state index in [1.165, 1.54) is 16.8 Å². The number of nitrogens with two attached hydrogens (primary N) is 1. The Labute approximate surface area is 222 Å². The second-order valence-electron chi connectivity index (χ2n) is 12.6. The van der Waals surface area contributed by atoms with Crippen molar-refractivity contribution in [2.45, 2.75) is 77.7 Å². The third-order valence-corrected chi connectivity index (χ3v) is 9.60. The van der Waals surface area contributed by atoms with Gasteiger partial charge in [0, 0.05) is 32.0 Å². The summed E-state index contributed by atoms with van der Waals surface area (Å²) in [6.07, 6.45) is 0.360. The molecule has 0 fully saturated rings. The molecule has 0 radical (unpaired) electrons. The van der Waals surface area contributed by atoms with E-state index in [0.717, 1.165) is 16.2 Å². The lowest BCUT2D eigenvalue weighted by Crippen LogP contribution is -2.27. The largest absolute Gasteiger partial charge is 0.464 e. The number of carbonyl (C=O) groups is 1. The molecular weight excluding hydrogens is 502 g/mol. The second kappa shape index (κ2) is 10.6. The van der Waals surface area contributed by atoms with Crippen molar-refractivity contribution in [2.75, 3.05) is 12.3 Å². The van der Waals surface area contributed by atoms with Crippen LogP contribution in [0.3, 0.4) is 0 Å². The smallest absolute Gasteiger partial charge is 0.416 e. The molecule has 3 rings (SSSR count). The van der Waals surface area contributed by atoms with Gasteiger partial charge in [-0.25, -0.2) is 9.36 Å². The maximum absolute atomic E-state index is 13.4. The maximum atomic E-state index is 13.4. The minimum Gasteiger partial charge on any atom is -0.464 e. The van der Waals surface area contributed by atoms with Gasteiger partial charge in [0.1, 0.15) is 6.73 Å². The number of carboxylic acid groups (broad SMARTS) is 1. The maximum Gasteiger partial charge on any atom is 0.416 e. The van der Waals surface area contributed by atoms with Crippen molar-refractivity contribution in [1.29, 1.82) is 0 Å². The van der Waals surface area contributed by atoms with Gasteiger partial charge < -0.3 is 20.0 Å². The highest BCUT2D eigenvalue weighted by atomic mass is 28.3. The fourth-order valence-electron chi connectivity index (χ4n) is 3.95. The molecule has 37 heavy (non-hydrogen) atoms. The highest BCUT2D eigenvalue weighted by molar-refractivity contribution is 6.76. The van der Waals surface area contributed by atoms with Crippen molar-refractivity contribution in [3.05, 3.63) is 52.4 Å². The van der Waals surface area contributed by atoms with E-state index in [0.29, 0.717) is 23.2 Å². The summed E-state index contributed by atoms with van der Waals surface area (Å²) >= 11 is 0. The molecule has 3 N–H and O–H groups in total. The van der Waals surface area contributed by atoms with Crippen LogP contribution in [-0.4, -0.2) is 44.8 Å². The third-order valence-electron chi connectivity index (χ3n) is 6.16. The second-order valence-corrected chi connectivity index (χ2v) is 20.9. The number of nitrogen functional groups attached to an aromatic ring is 1. The zero-order valence-corrected chi connectivity index (χ0v) is 25.8. The molecule has 0 bridgehead atoms. The molecule has 2 heterocycles. The summed E-state index contributed by atoms with van der Waals surface area (Å²) in [7, 11) is -2.07. The Morgan fingerprint density at radius 3 is 2.38 bits per heavy atom. The fourth-order valence-corrected chi connectivity index (χ4v) is 5.67. The zero-order chi connectivity index (χ0) is 27.8. The van der Waals surface area contributed by atoms with Gasteiger partial charge in [-0.3, -0.25) is 9.36 Å². The lowest BCUT2D eigenvalue weighted by molar-refractivity contribution is 0.0850. The standard InChI is InChI=1S/C27H41N3O5Si2/c1-26(2,3)36-35-27(4,5)19-9-10-22-18(13-19)14-23(30(22)25(32)33)21-15-20(28)16-29(24(21)31)17-34-11-12-37(6,7)8/h9-10,13-16H,11-12,17,28,36H2,1-8H3,(H,32,33). The average molecular weight is 544 g/mol. The van der Waals surface area contributed by atoms with Crippen LogP contribution in [0.5, 0.6) is 0 Å². The van der Waals surface area contributed by atoms with Crippen LogP contribution in [0.1, 0.15) is 40.2 Å². The predicted octanol–water partition coefficient (Wildman–Crippen LogP) is 5.44. The summed E-state index contributed by atoms with van der Waals surface area (Å²) in [5.74, 6) is 0. The Hall–Kier alpha value is -2.67. The van der Waals surface area contributed by atoms with Crippen molar-refractivity contribution in [3.8, 4) is 11.3 Å². The first-order chi connectivity index (χ1) is 17.0. The van der Waals surface area contributed by atoms with Crippen LogP contribution in [0.15, 0.2) is 41.3 Å². The number of rotatable bonds is 9. The van der Waals surface area contributed by atoms with Crippen molar-refractivity contribution < 1.29 is 19.1 Å². The van der Waals surface area contributed by atoms with Crippen LogP contribution in [0.2, 0.25) is 30.7 Å². The first-order valence-electron chi connectivity index (χ1n) is 12.6. The third kappa shape index (κ3) is 7.22. The van der Waals surface area contributed by atoms with Gasteiger partial charge in [-0.05, 0) is 54.8 Å². The summed E-state index contributed by atoms with van der Waals surface area (Å²) in [5.41, 5.74) is 7.55. The first-order valence-corrected chi connectivity index (χ1v) is 17.6. The number of benzene rings is 1. The molecule has 2 aromatic heterocycles. The highest BCUT2D eigenvalue weighted by Gasteiger charge is 2.26. The number of nitrogens with zero attached hydrogens (tertiary/aromatic N) is 2. The van der Waals surface area contributed by atoms with Gasteiger partial charge in [0.25, 0.3) is 5.56 Å². The van der Waals surface area contributed by atoms with Gasteiger partial charge in [0.15, 0.2) is 9.76 Å².